The van der Waals surface area contributed by atoms with E-state index in [4.69, 9.17) is 22.1 Å². The van der Waals surface area contributed by atoms with E-state index in [2.05, 4.69) is 19.7 Å². The summed E-state index contributed by atoms with van der Waals surface area (Å²) in [7, 11) is 0. The fourth-order valence-electron chi connectivity index (χ4n) is 4.62. The lowest BCUT2D eigenvalue weighted by molar-refractivity contribution is -0.0605. The van der Waals surface area contributed by atoms with Gasteiger partial charge in [0.15, 0.2) is 0 Å². The Morgan fingerprint density at radius 3 is 2.50 bits per heavy atom. The zero-order chi connectivity index (χ0) is 19.1. The Morgan fingerprint density at radius 2 is 1.86 bits per heavy atom. The fraction of sp³-hybridized carbons (Fsp3) is 0.619. The topological polar surface area (TPSA) is 69.2 Å². The number of halogens is 1. The molecule has 2 aromatic rings. The predicted octanol–water partition coefficient (Wildman–Crippen LogP) is 3.63. The van der Waals surface area contributed by atoms with Crippen LogP contribution in [0.1, 0.15) is 38.1 Å². The molecule has 0 amide bonds. The highest BCUT2D eigenvalue weighted by molar-refractivity contribution is 6.33. The van der Waals surface area contributed by atoms with E-state index in [0.717, 1.165) is 42.3 Å². The van der Waals surface area contributed by atoms with Crippen molar-refractivity contribution in [3.63, 3.8) is 0 Å². The van der Waals surface area contributed by atoms with Crippen molar-refractivity contribution >= 4 is 17.4 Å². The van der Waals surface area contributed by atoms with Crippen molar-refractivity contribution in [2.45, 2.75) is 44.2 Å². The van der Waals surface area contributed by atoms with E-state index in [-0.39, 0.29) is 0 Å². The number of nitrogens with zero attached hydrogens (tertiary/aromatic N) is 4. The SMILES string of the molecule is C1C2CN(C3COC3)CC12.Nc1ncc(-c2ccn(C3CCCC3)n2)cc1Cl. The predicted molar refractivity (Wildman–Crippen MR) is 110 cm³/mol. The molecule has 7 heteroatoms. The van der Waals surface area contributed by atoms with Crippen LogP contribution in [0.5, 0.6) is 0 Å². The van der Waals surface area contributed by atoms with Crippen LogP contribution in [0.4, 0.5) is 5.82 Å². The molecule has 0 radical (unpaired) electrons. The lowest BCUT2D eigenvalue weighted by Gasteiger charge is -2.35. The largest absolute Gasteiger partial charge is 0.382 e. The molecule has 0 aromatic carbocycles. The van der Waals surface area contributed by atoms with Gasteiger partial charge in [-0.15, -0.1) is 0 Å². The van der Waals surface area contributed by atoms with Gasteiger partial charge in [-0.05, 0) is 43.2 Å². The summed E-state index contributed by atoms with van der Waals surface area (Å²) >= 11 is 5.98. The van der Waals surface area contributed by atoms with Crippen LogP contribution in [0.25, 0.3) is 11.3 Å². The maximum atomic E-state index is 5.98. The number of aromatic nitrogens is 3. The summed E-state index contributed by atoms with van der Waals surface area (Å²) in [6, 6.07) is 5.16. The molecule has 2 aromatic heterocycles. The summed E-state index contributed by atoms with van der Waals surface area (Å²) in [5.41, 5.74) is 7.41. The van der Waals surface area contributed by atoms with E-state index in [1.807, 2.05) is 18.3 Å². The number of piperidine rings is 1. The van der Waals surface area contributed by atoms with Crippen LogP contribution in [0.3, 0.4) is 0 Å². The van der Waals surface area contributed by atoms with Crippen LogP contribution >= 0.6 is 11.6 Å². The maximum Gasteiger partial charge on any atom is 0.142 e. The highest BCUT2D eigenvalue weighted by Gasteiger charge is 2.47. The third-order valence-corrected chi connectivity index (χ3v) is 6.92. The smallest absolute Gasteiger partial charge is 0.142 e. The molecule has 6 rings (SSSR count). The Bertz CT molecular complexity index is 820. The Hall–Kier alpha value is -1.63. The second kappa shape index (κ2) is 7.65. The van der Waals surface area contributed by atoms with Gasteiger partial charge in [0, 0.05) is 31.0 Å². The van der Waals surface area contributed by atoms with E-state index >= 15 is 0 Å². The van der Waals surface area contributed by atoms with E-state index in [0.29, 0.717) is 16.9 Å². The molecule has 2 aliphatic heterocycles. The fourth-order valence-corrected chi connectivity index (χ4v) is 4.79. The van der Waals surface area contributed by atoms with Gasteiger partial charge in [-0.2, -0.15) is 5.10 Å². The number of rotatable bonds is 3. The number of nitrogens with two attached hydrogens (primary N) is 1. The molecule has 6 nitrogen and oxygen atoms in total. The molecule has 0 spiro atoms. The molecular formula is C21H28ClN5O. The van der Waals surface area contributed by atoms with Crippen molar-refractivity contribution in [3.05, 3.63) is 29.5 Å². The summed E-state index contributed by atoms with van der Waals surface area (Å²) in [4.78, 5) is 6.67. The van der Waals surface area contributed by atoms with Crippen LogP contribution in [0.15, 0.2) is 24.5 Å². The van der Waals surface area contributed by atoms with Gasteiger partial charge in [0.05, 0.1) is 36.0 Å². The third kappa shape index (κ3) is 3.78. The molecule has 4 heterocycles. The highest BCUT2D eigenvalue weighted by atomic mass is 35.5. The second-order valence-electron chi connectivity index (χ2n) is 8.61. The Kier molecular flexibility index (Phi) is 5.03. The number of fused-ring (bicyclic) bond motifs is 1. The minimum atomic E-state index is 0.357. The molecule has 2 unspecified atom stereocenters. The molecule has 4 fully saturated rings. The van der Waals surface area contributed by atoms with Gasteiger partial charge in [0.2, 0.25) is 0 Å². The van der Waals surface area contributed by atoms with E-state index in [1.165, 1.54) is 45.2 Å². The van der Waals surface area contributed by atoms with Crippen molar-refractivity contribution < 1.29 is 4.74 Å². The first-order valence-electron chi connectivity index (χ1n) is 10.5. The van der Waals surface area contributed by atoms with Crippen molar-refractivity contribution in [1.29, 1.82) is 0 Å². The molecule has 2 aliphatic carbocycles. The number of pyridine rings is 1. The van der Waals surface area contributed by atoms with E-state index < -0.39 is 0 Å². The number of nitrogen functional groups attached to an aromatic ring is 1. The summed E-state index contributed by atoms with van der Waals surface area (Å²) in [5.74, 6) is 2.52. The summed E-state index contributed by atoms with van der Waals surface area (Å²) < 4.78 is 7.22. The summed E-state index contributed by atoms with van der Waals surface area (Å²) in [6.45, 7) is 4.75. The van der Waals surface area contributed by atoms with Crippen molar-refractivity contribution in [2.75, 3.05) is 32.0 Å². The third-order valence-electron chi connectivity index (χ3n) is 6.62. The van der Waals surface area contributed by atoms with Gasteiger partial charge < -0.3 is 10.5 Å². The number of anilines is 1. The minimum absolute atomic E-state index is 0.357. The average Bonchev–Trinajstić information content (AvgIpc) is 3.13. The number of hydrogen-bond donors (Lipinski definition) is 1. The van der Waals surface area contributed by atoms with Crippen molar-refractivity contribution in [2.24, 2.45) is 11.8 Å². The van der Waals surface area contributed by atoms with Gasteiger partial charge >= 0.3 is 0 Å². The molecule has 0 bridgehead atoms. The van der Waals surface area contributed by atoms with Crippen LogP contribution in [0, 0.1) is 11.8 Å². The molecule has 2 atom stereocenters. The van der Waals surface area contributed by atoms with Gasteiger partial charge in [-0.1, -0.05) is 24.4 Å². The standard InChI is InChI=1S/C13H15ClN4.C8H13NO/c14-11-7-9(8-16-13(11)15)12-5-6-18(17-12)10-3-1-2-4-10;1-6-2-9(3-7(1)6)8-4-10-5-8/h5-8,10H,1-4H2,(H2,15,16);6-8H,1-5H2. The molecule has 28 heavy (non-hydrogen) atoms. The zero-order valence-corrected chi connectivity index (χ0v) is 16.9. The molecule has 4 aliphatic rings. The van der Waals surface area contributed by atoms with Gasteiger partial charge in [0.1, 0.15) is 5.82 Å². The Labute approximate surface area is 171 Å². The quantitative estimate of drug-likeness (QED) is 0.850. The lowest BCUT2D eigenvalue weighted by Crippen LogP contribution is -2.48. The van der Waals surface area contributed by atoms with Crippen LogP contribution in [-0.4, -0.2) is 52.0 Å². The molecule has 2 saturated heterocycles. The number of ether oxygens (including phenoxy) is 1. The molecular weight excluding hydrogens is 374 g/mol. The maximum absolute atomic E-state index is 5.98. The summed E-state index contributed by atoms with van der Waals surface area (Å²) in [5, 5.41) is 5.09. The average molecular weight is 402 g/mol. The van der Waals surface area contributed by atoms with Crippen LogP contribution in [-0.2, 0) is 4.74 Å². The normalized spacial score (nSPS) is 27.2. The van der Waals surface area contributed by atoms with Gasteiger partial charge in [0.25, 0.3) is 0 Å². The zero-order valence-electron chi connectivity index (χ0n) is 16.1. The van der Waals surface area contributed by atoms with E-state index in [1.54, 1.807) is 6.20 Å². The Morgan fingerprint density at radius 1 is 1.11 bits per heavy atom. The first-order valence-corrected chi connectivity index (χ1v) is 10.8. The number of hydrogen-bond acceptors (Lipinski definition) is 5. The van der Waals surface area contributed by atoms with Crippen molar-refractivity contribution in [3.8, 4) is 11.3 Å². The lowest BCUT2D eigenvalue weighted by atomic mass is 10.2. The molecule has 2 saturated carbocycles. The van der Waals surface area contributed by atoms with Crippen LogP contribution < -0.4 is 5.73 Å². The number of likely N-dealkylation sites (tertiary alicyclic amines) is 1. The van der Waals surface area contributed by atoms with Gasteiger partial charge in [-0.3, -0.25) is 9.58 Å². The van der Waals surface area contributed by atoms with E-state index in [9.17, 15) is 0 Å². The minimum Gasteiger partial charge on any atom is -0.382 e. The highest BCUT2D eigenvalue weighted by Crippen LogP contribution is 2.45. The summed E-state index contributed by atoms with van der Waals surface area (Å²) in [6.07, 6.45) is 10.3. The second-order valence-corrected chi connectivity index (χ2v) is 9.02. The van der Waals surface area contributed by atoms with Crippen LogP contribution in [0.2, 0.25) is 5.02 Å². The van der Waals surface area contributed by atoms with Crippen molar-refractivity contribution in [1.82, 2.24) is 19.7 Å². The first-order chi connectivity index (χ1) is 13.7. The van der Waals surface area contributed by atoms with Gasteiger partial charge in [-0.25, -0.2) is 4.98 Å². The molecule has 150 valence electrons. The Balaban J connectivity index is 0.000000142. The molecule has 2 N–H and O–H groups in total. The monoisotopic (exact) mass is 401 g/mol. The first kappa shape index (κ1) is 18.4.